The summed E-state index contributed by atoms with van der Waals surface area (Å²) in [6.45, 7) is 5.12. The van der Waals surface area contributed by atoms with Crippen LogP contribution in [0.4, 0.5) is 19.0 Å². The maximum Gasteiger partial charge on any atom is 0.319 e. The van der Waals surface area contributed by atoms with E-state index in [1.165, 1.54) is 18.3 Å². The van der Waals surface area contributed by atoms with Crippen LogP contribution in [0.15, 0.2) is 49.2 Å². The zero-order valence-electron chi connectivity index (χ0n) is 23.3. The number of aromatic nitrogens is 3. The van der Waals surface area contributed by atoms with E-state index in [-0.39, 0.29) is 52.9 Å². The Morgan fingerprint density at radius 3 is 2.79 bits per heavy atom. The summed E-state index contributed by atoms with van der Waals surface area (Å²) in [5, 5.41) is 1.23. The summed E-state index contributed by atoms with van der Waals surface area (Å²) in [4.78, 5) is 31.6. The first-order chi connectivity index (χ1) is 20.7. The minimum Gasteiger partial charge on any atom is -0.462 e. The van der Waals surface area contributed by atoms with Crippen molar-refractivity contribution in [1.82, 2.24) is 24.8 Å². The van der Waals surface area contributed by atoms with Crippen molar-refractivity contribution in [2.45, 2.75) is 37.1 Å². The molecule has 5 heterocycles. The summed E-state index contributed by atoms with van der Waals surface area (Å²) in [6.07, 6.45) is 2.90. The first-order valence-corrected chi connectivity index (χ1v) is 14.5. The first-order valence-electron chi connectivity index (χ1n) is 14.1. The van der Waals surface area contributed by atoms with Gasteiger partial charge in [-0.05, 0) is 37.4 Å². The van der Waals surface area contributed by atoms with Gasteiger partial charge >= 0.3 is 6.01 Å². The van der Waals surface area contributed by atoms with E-state index in [4.69, 9.17) is 16.3 Å². The van der Waals surface area contributed by atoms with Crippen LogP contribution in [0, 0.1) is 11.6 Å². The van der Waals surface area contributed by atoms with Gasteiger partial charge in [-0.15, -0.1) is 0 Å². The normalized spacial score (nSPS) is 23.6. The lowest BCUT2D eigenvalue weighted by Gasteiger charge is -2.47. The largest absolute Gasteiger partial charge is 0.462 e. The van der Waals surface area contributed by atoms with Crippen LogP contribution in [0.25, 0.3) is 32.9 Å². The van der Waals surface area contributed by atoms with Gasteiger partial charge in [-0.3, -0.25) is 14.7 Å². The van der Waals surface area contributed by atoms with Gasteiger partial charge in [0.05, 0.1) is 22.5 Å². The first kappa shape index (κ1) is 27.8. The molecule has 3 saturated heterocycles. The lowest BCUT2D eigenvalue weighted by Crippen LogP contribution is -2.63. The van der Waals surface area contributed by atoms with E-state index in [0.29, 0.717) is 60.0 Å². The van der Waals surface area contributed by atoms with Crippen molar-refractivity contribution in [3.8, 4) is 17.3 Å². The lowest BCUT2D eigenvalue weighted by molar-refractivity contribution is -0.127. The van der Waals surface area contributed by atoms with Crippen molar-refractivity contribution in [1.29, 1.82) is 0 Å². The molecule has 3 aliphatic heterocycles. The molecule has 43 heavy (non-hydrogen) atoms. The maximum atomic E-state index is 16.5. The van der Waals surface area contributed by atoms with E-state index in [1.807, 2.05) is 16.8 Å². The summed E-state index contributed by atoms with van der Waals surface area (Å²) in [6, 6.07) is 7.71. The number of anilines is 1. The van der Waals surface area contributed by atoms with Crippen molar-refractivity contribution >= 4 is 45.0 Å². The minimum absolute atomic E-state index is 0.0155. The Kier molecular flexibility index (Phi) is 6.89. The van der Waals surface area contributed by atoms with Crippen LogP contribution >= 0.6 is 11.6 Å². The third-order valence-electron chi connectivity index (χ3n) is 8.90. The molecule has 0 saturated carbocycles. The minimum atomic E-state index is -0.947. The highest BCUT2D eigenvalue weighted by Gasteiger charge is 2.49. The maximum absolute atomic E-state index is 16.5. The van der Waals surface area contributed by atoms with Gasteiger partial charge in [0.2, 0.25) is 5.91 Å². The highest BCUT2D eigenvalue weighted by atomic mass is 35.5. The number of halogens is 4. The fourth-order valence-electron chi connectivity index (χ4n) is 6.63. The van der Waals surface area contributed by atoms with Crippen LogP contribution in [0.3, 0.4) is 0 Å². The summed E-state index contributed by atoms with van der Waals surface area (Å²) < 4.78 is 50.9. The van der Waals surface area contributed by atoms with Gasteiger partial charge in [-0.25, -0.2) is 13.2 Å². The third kappa shape index (κ3) is 4.56. The number of likely N-dealkylation sites (N-methyl/N-ethyl adjacent to an activating group) is 1. The van der Waals surface area contributed by atoms with E-state index >= 15 is 4.39 Å². The number of nitrogens with zero attached hydrogens (tertiary/aromatic N) is 6. The van der Waals surface area contributed by atoms with Gasteiger partial charge in [0.25, 0.3) is 0 Å². The molecule has 3 aliphatic rings. The van der Waals surface area contributed by atoms with E-state index < -0.39 is 17.8 Å². The Morgan fingerprint density at radius 1 is 1.19 bits per heavy atom. The summed E-state index contributed by atoms with van der Waals surface area (Å²) in [5.41, 5.74) is 0.268. The number of carbonyl (C=O) groups is 1. The predicted octanol–water partition coefficient (Wildman–Crippen LogP) is 5.17. The molecule has 0 N–H and O–H groups in total. The number of hydrogen-bond donors (Lipinski definition) is 0. The highest BCUT2D eigenvalue weighted by molar-refractivity contribution is 6.36. The molecule has 0 unspecified atom stereocenters. The molecule has 2 aromatic heterocycles. The van der Waals surface area contributed by atoms with Gasteiger partial charge in [0, 0.05) is 42.8 Å². The van der Waals surface area contributed by atoms with E-state index in [9.17, 15) is 13.6 Å². The Bertz CT molecular complexity index is 1790. The number of amides is 1. The summed E-state index contributed by atoms with van der Waals surface area (Å²) in [5.74, 6) is -1.04. The van der Waals surface area contributed by atoms with Gasteiger partial charge in [-0.1, -0.05) is 42.4 Å². The average molecular weight is 609 g/mol. The molecule has 4 atom stereocenters. The van der Waals surface area contributed by atoms with E-state index in [0.717, 1.165) is 0 Å². The molecule has 1 amide bonds. The number of fused-ring (bicyclic) bond motifs is 3. The van der Waals surface area contributed by atoms with Crippen LogP contribution < -0.4 is 9.64 Å². The molecule has 0 spiro atoms. The van der Waals surface area contributed by atoms with Crippen molar-refractivity contribution in [2.75, 3.05) is 38.2 Å². The number of benzene rings is 2. The molecule has 0 aliphatic carbocycles. The fourth-order valence-corrected chi connectivity index (χ4v) is 6.91. The zero-order chi connectivity index (χ0) is 30.0. The quantitative estimate of drug-likeness (QED) is 0.280. The second kappa shape index (κ2) is 10.6. The zero-order valence-corrected chi connectivity index (χ0v) is 24.1. The van der Waals surface area contributed by atoms with Crippen LogP contribution in [0.1, 0.15) is 12.8 Å². The van der Waals surface area contributed by atoms with Gasteiger partial charge in [0.1, 0.15) is 35.6 Å². The van der Waals surface area contributed by atoms with E-state index in [1.54, 1.807) is 29.2 Å². The summed E-state index contributed by atoms with van der Waals surface area (Å²) in [7, 11) is 1.83. The standard InChI is InChI=1S/C31H28ClF3N6O2/c1-3-24(42)40-10-9-22-23(40)14-41(22)30-20-12-36-28(19-6-4-5-16-7-8-21(34)26(32)25(16)19)27(35)29(20)37-31(38-30)43-15-18-11-17(33)13-39(18)2/h3-8,12,17-18,22-23H,1,9-11,13-15H2,2H3/t17-,18+,22-,23-/m1/s1. The third-order valence-corrected chi connectivity index (χ3v) is 9.27. The molecule has 4 aromatic rings. The molecular weight excluding hydrogens is 581 g/mol. The Balaban J connectivity index is 1.32. The SMILES string of the molecule is C=CC(=O)N1CC[C@@H]2[C@H]1CN2c1nc(OC[C@@H]2C[C@@H](F)CN2C)nc2c(F)c(-c3cccc4ccc(F)c(Cl)c34)ncc12. The number of hydrogen-bond acceptors (Lipinski definition) is 7. The smallest absolute Gasteiger partial charge is 0.319 e. The van der Waals surface area contributed by atoms with E-state index in [2.05, 4.69) is 21.5 Å². The molecule has 0 radical (unpaired) electrons. The van der Waals surface area contributed by atoms with Crippen molar-refractivity contribution in [3.63, 3.8) is 0 Å². The number of rotatable bonds is 6. The van der Waals surface area contributed by atoms with Crippen molar-refractivity contribution in [3.05, 3.63) is 65.8 Å². The molecule has 3 fully saturated rings. The Hall–Kier alpha value is -3.96. The molecule has 2 aromatic carbocycles. The number of pyridine rings is 1. The molecular formula is C31H28ClF3N6O2. The number of carbonyl (C=O) groups excluding carboxylic acids is 1. The molecule has 222 valence electrons. The number of ether oxygens (including phenoxy) is 1. The van der Waals surface area contributed by atoms with Crippen LogP contribution in [-0.2, 0) is 4.79 Å². The van der Waals surface area contributed by atoms with Crippen molar-refractivity contribution in [2.24, 2.45) is 0 Å². The lowest BCUT2D eigenvalue weighted by atomic mass is 9.96. The van der Waals surface area contributed by atoms with Crippen LogP contribution in [0.5, 0.6) is 6.01 Å². The number of alkyl halides is 1. The summed E-state index contributed by atoms with van der Waals surface area (Å²) >= 11 is 6.35. The Morgan fingerprint density at radius 2 is 2.02 bits per heavy atom. The Labute approximate surface area is 250 Å². The van der Waals surface area contributed by atoms with Gasteiger partial charge < -0.3 is 14.5 Å². The molecule has 7 rings (SSSR count). The second-order valence-corrected chi connectivity index (χ2v) is 11.7. The van der Waals surface area contributed by atoms with Gasteiger partial charge in [0.15, 0.2) is 5.82 Å². The highest BCUT2D eigenvalue weighted by Crippen LogP contribution is 2.42. The number of likely N-dealkylation sites (tertiary alicyclic amines) is 2. The monoisotopic (exact) mass is 608 g/mol. The molecule has 12 heteroatoms. The fraction of sp³-hybridized carbons (Fsp3) is 0.355. The predicted molar refractivity (Wildman–Crippen MR) is 158 cm³/mol. The van der Waals surface area contributed by atoms with Crippen molar-refractivity contribution < 1.29 is 22.7 Å². The topological polar surface area (TPSA) is 74.7 Å². The second-order valence-electron chi connectivity index (χ2n) is 11.3. The van der Waals surface area contributed by atoms with Gasteiger partial charge in [-0.2, -0.15) is 9.97 Å². The molecule has 0 bridgehead atoms. The average Bonchev–Trinajstić information content (AvgIpc) is 3.50. The molecule has 8 nitrogen and oxygen atoms in total. The van der Waals surface area contributed by atoms with Crippen LogP contribution in [0.2, 0.25) is 5.02 Å². The van der Waals surface area contributed by atoms with Crippen LogP contribution in [-0.4, -0.2) is 88.2 Å².